The van der Waals surface area contributed by atoms with Crippen molar-refractivity contribution in [2.75, 3.05) is 6.61 Å². The van der Waals surface area contributed by atoms with Gasteiger partial charge in [0.25, 0.3) is 0 Å². The van der Waals surface area contributed by atoms with Crippen LogP contribution in [-0.4, -0.2) is 22.4 Å². The zero-order valence-electron chi connectivity index (χ0n) is 8.30. The summed E-state index contributed by atoms with van der Waals surface area (Å²) >= 11 is 0. The number of hydrogen-bond acceptors (Lipinski definition) is 2. The minimum atomic E-state index is -0.556. The molecule has 0 fully saturated rings. The van der Waals surface area contributed by atoms with Crippen LogP contribution in [0.25, 0.3) is 0 Å². The fourth-order valence-corrected chi connectivity index (χ4v) is 1.06. The summed E-state index contributed by atoms with van der Waals surface area (Å²) in [7, 11) is 0. The summed E-state index contributed by atoms with van der Waals surface area (Å²) in [5, 5.41) is 18.0. The lowest BCUT2D eigenvalue weighted by Gasteiger charge is -2.16. The predicted octanol–water partition coefficient (Wildman–Crippen LogP) is 1.87. The van der Waals surface area contributed by atoms with E-state index in [1.54, 1.807) is 0 Å². The molecule has 12 heavy (non-hydrogen) atoms. The molecule has 0 spiro atoms. The van der Waals surface area contributed by atoms with Crippen molar-refractivity contribution in [2.24, 2.45) is 0 Å². The fraction of sp³-hybridized carbons (Fsp3) is 0.800. The van der Waals surface area contributed by atoms with Gasteiger partial charge in [0.2, 0.25) is 0 Å². The van der Waals surface area contributed by atoms with Crippen LogP contribution in [0.5, 0.6) is 0 Å². The second-order valence-electron chi connectivity index (χ2n) is 3.90. The number of allylic oxidation sites excluding steroid dienone is 1. The van der Waals surface area contributed by atoms with Gasteiger partial charge in [-0.05, 0) is 40.0 Å². The third-order valence-corrected chi connectivity index (χ3v) is 1.80. The molecule has 0 atom stereocenters. The molecular formula is C10H20O2. The summed E-state index contributed by atoms with van der Waals surface area (Å²) in [6.07, 6.45) is 4.56. The molecule has 0 aromatic heterocycles. The Bertz CT molecular complexity index is 142. The van der Waals surface area contributed by atoms with E-state index in [-0.39, 0.29) is 6.61 Å². The topological polar surface area (TPSA) is 40.5 Å². The monoisotopic (exact) mass is 172 g/mol. The van der Waals surface area contributed by atoms with E-state index in [4.69, 9.17) is 5.11 Å². The van der Waals surface area contributed by atoms with Gasteiger partial charge in [-0.2, -0.15) is 0 Å². The van der Waals surface area contributed by atoms with Gasteiger partial charge in [0.05, 0.1) is 12.2 Å². The SMILES string of the molecule is C/C(=C\CO)CCCC(C)(C)O. The first-order valence-corrected chi connectivity index (χ1v) is 4.44. The lowest BCUT2D eigenvalue weighted by Crippen LogP contribution is -2.17. The summed E-state index contributed by atoms with van der Waals surface area (Å²) < 4.78 is 0. The van der Waals surface area contributed by atoms with Crippen molar-refractivity contribution in [3.05, 3.63) is 11.6 Å². The highest BCUT2D eigenvalue weighted by molar-refractivity contribution is 4.97. The largest absolute Gasteiger partial charge is 0.392 e. The van der Waals surface area contributed by atoms with E-state index >= 15 is 0 Å². The zero-order chi connectivity index (χ0) is 9.61. The number of rotatable bonds is 5. The number of aliphatic hydroxyl groups excluding tert-OH is 1. The quantitative estimate of drug-likeness (QED) is 0.621. The lowest BCUT2D eigenvalue weighted by atomic mass is 9.99. The minimum absolute atomic E-state index is 0.119. The smallest absolute Gasteiger partial charge is 0.0614 e. The Hall–Kier alpha value is -0.340. The Morgan fingerprint density at radius 1 is 1.42 bits per heavy atom. The first-order valence-electron chi connectivity index (χ1n) is 4.44. The standard InChI is InChI=1S/C10H20O2/c1-9(6-8-11)5-4-7-10(2,3)12/h6,11-12H,4-5,7-8H2,1-3H3/b9-6+. The molecule has 0 aliphatic heterocycles. The van der Waals surface area contributed by atoms with E-state index in [2.05, 4.69) is 0 Å². The van der Waals surface area contributed by atoms with E-state index in [0.29, 0.717) is 0 Å². The van der Waals surface area contributed by atoms with Crippen LogP contribution in [0, 0.1) is 0 Å². The van der Waals surface area contributed by atoms with E-state index in [9.17, 15) is 5.11 Å². The van der Waals surface area contributed by atoms with Gasteiger partial charge in [-0.1, -0.05) is 11.6 Å². The van der Waals surface area contributed by atoms with E-state index < -0.39 is 5.60 Å². The Morgan fingerprint density at radius 2 is 2.00 bits per heavy atom. The summed E-state index contributed by atoms with van der Waals surface area (Å²) in [6.45, 7) is 5.76. The molecule has 0 unspecified atom stereocenters. The van der Waals surface area contributed by atoms with Gasteiger partial charge >= 0.3 is 0 Å². The van der Waals surface area contributed by atoms with Crippen LogP contribution in [-0.2, 0) is 0 Å². The normalized spacial score (nSPS) is 13.6. The van der Waals surface area contributed by atoms with E-state index in [1.807, 2.05) is 26.8 Å². The van der Waals surface area contributed by atoms with Gasteiger partial charge in [0.15, 0.2) is 0 Å². The van der Waals surface area contributed by atoms with Crippen LogP contribution in [0.15, 0.2) is 11.6 Å². The predicted molar refractivity (Wildman–Crippen MR) is 51.0 cm³/mol. The highest BCUT2D eigenvalue weighted by atomic mass is 16.3. The molecule has 0 aliphatic rings. The first-order chi connectivity index (χ1) is 5.45. The molecule has 0 aliphatic carbocycles. The summed E-state index contributed by atoms with van der Waals surface area (Å²) in [6, 6.07) is 0. The van der Waals surface area contributed by atoms with Crippen molar-refractivity contribution >= 4 is 0 Å². The Kier molecular flexibility index (Phi) is 5.18. The third kappa shape index (κ3) is 7.76. The average Bonchev–Trinajstić information content (AvgIpc) is 1.84. The molecule has 0 bridgehead atoms. The minimum Gasteiger partial charge on any atom is -0.392 e. The van der Waals surface area contributed by atoms with Crippen LogP contribution in [0.3, 0.4) is 0 Å². The second kappa shape index (κ2) is 5.33. The van der Waals surface area contributed by atoms with Crippen LogP contribution < -0.4 is 0 Å². The van der Waals surface area contributed by atoms with Gasteiger partial charge in [0.1, 0.15) is 0 Å². The highest BCUT2D eigenvalue weighted by Crippen LogP contribution is 2.14. The van der Waals surface area contributed by atoms with Crippen LogP contribution in [0.4, 0.5) is 0 Å². The van der Waals surface area contributed by atoms with Crippen molar-refractivity contribution in [1.82, 2.24) is 0 Å². The molecule has 0 amide bonds. The van der Waals surface area contributed by atoms with Gasteiger partial charge in [0, 0.05) is 0 Å². The molecule has 2 nitrogen and oxygen atoms in total. The Labute approximate surface area is 74.9 Å². The molecular weight excluding hydrogens is 152 g/mol. The van der Waals surface area contributed by atoms with Crippen molar-refractivity contribution in [3.8, 4) is 0 Å². The Morgan fingerprint density at radius 3 is 2.42 bits per heavy atom. The van der Waals surface area contributed by atoms with E-state index in [1.165, 1.54) is 5.57 Å². The van der Waals surface area contributed by atoms with Gasteiger partial charge in [-0.25, -0.2) is 0 Å². The fourth-order valence-electron chi connectivity index (χ4n) is 1.06. The zero-order valence-corrected chi connectivity index (χ0v) is 8.30. The summed E-state index contributed by atoms with van der Waals surface area (Å²) in [4.78, 5) is 0. The molecule has 0 radical (unpaired) electrons. The van der Waals surface area contributed by atoms with E-state index in [0.717, 1.165) is 19.3 Å². The third-order valence-electron chi connectivity index (χ3n) is 1.80. The van der Waals surface area contributed by atoms with Crippen LogP contribution >= 0.6 is 0 Å². The average molecular weight is 172 g/mol. The van der Waals surface area contributed by atoms with Crippen molar-refractivity contribution in [1.29, 1.82) is 0 Å². The Balaban J connectivity index is 3.50. The van der Waals surface area contributed by atoms with Crippen LogP contribution in [0.1, 0.15) is 40.0 Å². The molecule has 0 aromatic carbocycles. The molecule has 0 rings (SSSR count). The molecule has 0 aromatic rings. The lowest BCUT2D eigenvalue weighted by molar-refractivity contribution is 0.0689. The maximum absolute atomic E-state index is 9.39. The number of aliphatic hydroxyl groups is 2. The highest BCUT2D eigenvalue weighted by Gasteiger charge is 2.10. The molecule has 2 heteroatoms. The second-order valence-corrected chi connectivity index (χ2v) is 3.90. The molecule has 0 saturated heterocycles. The van der Waals surface area contributed by atoms with Crippen LogP contribution in [0.2, 0.25) is 0 Å². The van der Waals surface area contributed by atoms with Crippen molar-refractivity contribution in [2.45, 2.75) is 45.6 Å². The van der Waals surface area contributed by atoms with Crippen molar-refractivity contribution in [3.63, 3.8) is 0 Å². The number of hydrogen-bond donors (Lipinski definition) is 2. The maximum atomic E-state index is 9.39. The summed E-state index contributed by atoms with van der Waals surface area (Å²) in [5.41, 5.74) is 0.640. The van der Waals surface area contributed by atoms with Gasteiger partial charge < -0.3 is 10.2 Å². The van der Waals surface area contributed by atoms with Gasteiger partial charge in [-0.3, -0.25) is 0 Å². The molecule has 0 heterocycles. The maximum Gasteiger partial charge on any atom is 0.0614 e. The summed E-state index contributed by atoms with van der Waals surface area (Å²) in [5.74, 6) is 0. The molecule has 72 valence electrons. The van der Waals surface area contributed by atoms with Gasteiger partial charge in [-0.15, -0.1) is 0 Å². The molecule has 0 saturated carbocycles. The first kappa shape index (κ1) is 11.7. The molecule has 2 N–H and O–H groups in total. The van der Waals surface area contributed by atoms with Crippen molar-refractivity contribution < 1.29 is 10.2 Å².